The van der Waals surface area contributed by atoms with Crippen LogP contribution in [0.2, 0.25) is 5.02 Å². The molecule has 1 aliphatic heterocycles. The predicted octanol–water partition coefficient (Wildman–Crippen LogP) is 2.82. The van der Waals surface area contributed by atoms with Crippen LogP contribution in [0.5, 0.6) is 5.75 Å². The van der Waals surface area contributed by atoms with Gasteiger partial charge in [-0.15, -0.1) is 0 Å². The largest absolute Gasteiger partial charge is 0.490 e. The Hall–Kier alpha value is -0.970. The standard InChI is InChI=1S/C17H25ClN2O2/c1-12-11-20(16-5-3-2-4-15(16)19-12)13-6-7-17(14(18)10-13)22-9-8-21/h6-7,10,12,15-16,19,21H,2-5,8-9,11H2,1H3/t12-,15+,16+/m1/s1. The first-order chi connectivity index (χ1) is 10.7. The van der Waals surface area contributed by atoms with Crippen LogP contribution in [0.15, 0.2) is 18.2 Å². The van der Waals surface area contributed by atoms with Crippen molar-refractivity contribution >= 4 is 17.3 Å². The van der Waals surface area contributed by atoms with Crippen molar-refractivity contribution in [3.63, 3.8) is 0 Å². The van der Waals surface area contributed by atoms with Crippen LogP contribution in [0.4, 0.5) is 5.69 Å². The molecule has 1 aromatic carbocycles. The number of hydrogen-bond donors (Lipinski definition) is 2. The van der Waals surface area contributed by atoms with Crippen molar-refractivity contribution < 1.29 is 9.84 Å². The van der Waals surface area contributed by atoms with E-state index in [4.69, 9.17) is 21.4 Å². The summed E-state index contributed by atoms with van der Waals surface area (Å²) in [7, 11) is 0. The molecule has 0 radical (unpaired) electrons. The van der Waals surface area contributed by atoms with E-state index < -0.39 is 0 Å². The average Bonchev–Trinajstić information content (AvgIpc) is 2.53. The van der Waals surface area contributed by atoms with Crippen molar-refractivity contribution in [2.75, 3.05) is 24.7 Å². The van der Waals surface area contributed by atoms with Gasteiger partial charge >= 0.3 is 0 Å². The van der Waals surface area contributed by atoms with Crippen molar-refractivity contribution in [3.05, 3.63) is 23.2 Å². The lowest BCUT2D eigenvalue weighted by Crippen LogP contribution is -2.62. The lowest BCUT2D eigenvalue weighted by atomic mass is 9.86. The summed E-state index contributed by atoms with van der Waals surface area (Å²) in [4.78, 5) is 2.51. The summed E-state index contributed by atoms with van der Waals surface area (Å²) in [6.07, 6.45) is 5.13. The van der Waals surface area contributed by atoms with Gasteiger partial charge in [0, 0.05) is 30.4 Å². The molecule has 1 saturated carbocycles. The molecular weight excluding hydrogens is 300 g/mol. The van der Waals surface area contributed by atoms with Crippen molar-refractivity contribution in [3.8, 4) is 5.75 Å². The van der Waals surface area contributed by atoms with Crippen molar-refractivity contribution in [2.45, 2.75) is 50.7 Å². The van der Waals surface area contributed by atoms with Gasteiger partial charge in [-0.3, -0.25) is 0 Å². The molecule has 0 bridgehead atoms. The Bertz CT molecular complexity index is 511. The number of aliphatic hydroxyl groups is 1. The van der Waals surface area contributed by atoms with Gasteiger partial charge in [-0.05, 0) is 38.0 Å². The number of anilines is 1. The fourth-order valence-electron chi connectivity index (χ4n) is 3.77. The molecule has 1 saturated heterocycles. The molecule has 0 spiro atoms. The van der Waals surface area contributed by atoms with Gasteiger partial charge in [-0.1, -0.05) is 24.4 Å². The van der Waals surface area contributed by atoms with E-state index in [2.05, 4.69) is 23.2 Å². The first kappa shape index (κ1) is 15.9. The molecule has 0 amide bonds. The lowest BCUT2D eigenvalue weighted by Gasteiger charge is -2.48. The highest BCUT2D eigenvalue weighted by Crippen LogP contribution is 2.35. The Morgan fingerprint density at radius 1 is 1.36 bits per heavy atom. The maximum atomic E-state index is 8.85. The summed E-state index contributed by atoms with van der Waals surface area (Å²) in [5, 5.41) is 13.2. The zero-order chi connectivity index (χ0) is 15.5. The third-order valence-electron chi connectivity index (χ3n) is 4.69. The Kier molecular flexibility index (Phi) is 5.11. The van der Waals surface area contributed by atoms with Crippen LogP contribution in [0.25, 0.3) is 0 Å². The van der Waals surface area contributed by atoms with E-state index in [1.165, 1.54) is 31.4 Å². The molecule has 4 nitrogen and oxygen atoms in total. The number of aliphatic hydroxyl groups excluding tert-OH is 1. The molecule has 2 aliphatic rings. The number of rotatable bonds is 4. The molecule has 0 unspecified atom stereocenters. The molecule has 1 aromatic rings. The van der Waals surface area contributed by atoms with E-state index in [-0.39, 0.29) is 13.2 Å². The van der Waals surface area contributed by atoms with E-state index >= 15 is 0 Å². The number of piperazine rings is 1. The first-order valence-electron chi connectivity index (χ1n) is 8.25. The summed E-state index contributed by atoms with van der Waals surface area (Å²) in [6, 6.07) is 7.63. The summed E-state index contributed by atoms with van der Waals surface area (Å²) >= 11 is 6.35. The van der Waals surface area contributed by atoms with Crippen LogP contribution in [0, 0.1) is 0 Å². The molecule has 0 aromatic heterocycles. The SMILES string of the molecule is C[C@@H]1CN(c2ccc(OCCO)c(Cl)c2)[C@H]2CCCC[C@@H]2N1. The molecule has 2 fully saturated rings. The number of fused-ring (bicyclic) bond motifs is 1. The number of hydrogen-bond acceptors (Lipinski definition) is 4. The fraction of sp³-hybridized carbons (Fsp3) is 0.647. The second-order valence-corrected chi connectivity index (χ2v) is 6.77. The summed E-state index contributed by atoms with van der Waals surface area (Å²) < 4.78 is 5.44. The van der Waals surface area contributed by atoms with Gasteiger partial charge in [-0.2, -0.15) is 0 Å². The fourth-order valence-corrected chi connectivity index (χ4v) is 3.99. The van der Waals surface area contributed by atoms with E-state index in [9.17, 15) is 0 Å². The lowest BCUT2D eigenvalue weighted by molar-refractivity contribution is 0.201. The molecule has 1 aliphatic carbocycles. The Labute approximate surface area is 137 Å². The van der Waals surface area contributed by atoms with Gasteiger partial charge in [0.15, 0.2) is 0 Å². The number of nitrogens with one attached hydrogen (secondary N) is 1. The van der Waals surface area contributed by atoms with Gasteiger partial charge in [0.1, 0.15) is 12.4 Å². The highest BCUT2D eigenvalue weighted by Gasteiger charge is 2.35. The van der Waals surface area contributed by atoms with Crippen LogP contribution >= 0.6 is 11.6 Å². The molecule has 3 atom stereocenters. The van der Waals surface area contributed by atoms with E-state index in [0.29, 0.717) is 28.9 Å². The van der Waals surface area contributed by atoms with Crippen LogP contribution in [-0.2, 0) is 0 Å². The quantitative estimate of drug-likeness (QED) is 0.894. The summed E-state index contributed by atoms with van der Waals surface area (Å²) in [5.41, 5.74) is 1.17. The first-order valence-corrected chi connectivity index (χ1v) is 8.62. The second-order valence-electron chi connectivity index (χ2n) is 6.37. The van der Waals surface area contributed by atoms with E-state index in [0.717, 1.165) is 6.54 Å². The maximum absolute atomic E-state index is 8.85. The zero-order valence-corrected chi connectivity index (χ0v) is 13.9. The van der Waals surface area contributed by atoms with E-state index in [1.807, 2.05) is 12.1 Å². The minimum atomic E-state index is -0.00283. The topological polar surface area (TPSA) is 44.7 Å². The highest BCUT2D eigenvalue weighted by atomic mass is 35.5. The van der Waals surface area contributed by atoms with E-state index in [1.54, 1.807) is 0 Å². The molecular formula is C17H25ClN2O2. The van der Waals surface area contributed by atoms with Gasteiger partial charge < -0.3 is 20.1 Å². The Morgan fingerprint density at radius 3 is 2.95 bits per heavy atom. The Balaban J connectivity index is 1.80. The molecule has 5 heteroatoms. The smallest absolute Gasteiger partial charge is 0.138 e. The number of halogens is 1. The number of ether oxygens (including phenoxy) is 1. The normalized spacial score (nSPS) is 28.3. The molecule has 2 N–H and O–H groups in total. The summed E-state index contributed by atoms with van der Waals surface area (Å²) in [5.74, 6) is 0.642. The van der Waals surface area contributed by atoms with Gasteiger partial charge in [0.05, 0.1) is 11.6 Å². The maximum Gasteiger partial charge on any atom is 0.138 e. The van der Waals surface area contributed by atoms with Crippen LogP contribution < -0.4 is 15.0 Å². The molecule has 22 heavy (non-hydrogen) atoms. The zero-order valence-electron chi connectivity index (χ0n) is 13.1. The van der Waals surface area contributed by atoms with Crippen molar-refractivity contribution in [1.29, 1.82) is 0 Å². The second kappa shape index (κ2) is 7.07. The predicted molar refractivity (Wildman–Crippen MR) is 90.0 cm³/mol. The molecule has 122 valence electrons. The average molecular weight is 325 g/mol. The molecule has 1 heterocycles. The summed E-state index contributed by atoms with van der Waals surface area (Å²) in [6.45, 7) is 3.53. The van der Waals surface area contributed by atoms with Gasteiger partial charge in [-0.25, -0.2) is 0 Å². The third-order valence-corrected chi connectivity index (χ3v) is 4.99. The molecule has 3 rings (SSSR count). The Morgan fingerprint density at radius 2 is 2.18 bits per heavy atom. The van der Waals surface area contributed by atoms with Crippen LogP contribution in [0.1, 0.15) is 32.6 Å². The van der Waals surface area contributed by atoms with Gasteiger partial charge in [0.2, 0.25) is 0 Å². The number of benzene rings is 1. The highest BCUT2D eigenvalue weighted by molar-refractivity contribution is 6.32. The van der Waals surface area contributed by atoms with Crippen LogP contribution in [-0.4, -0.2) is 43.0 Å². The minimum Gasteiger partial charge on any atom is -0.490 e. The third kappa shape index (κ3) is 3.34. The minimum absolute atomic E-state index is 0.00283. The number of nitrogens with zero attached hydrogens (tertiary/aromatic N) is 1. The van der Waals surface area contributed by atoms with Crippen molar-refractivity contribution in [1.82, 2.24) is 5.32 Å². The van der Waals surface area contributed by atoms with Gasteiger partial charge in [0.25, 0.3) is 0 Å². The van der Waals surface area contributed by atoms with Crippen molar-refractivity contribution in [2.24, 2.45) is 0 Å². The monoisotopic (exact) mass is 324 g/mol. The van der Waals surface area contributed by atoms with Crippen LogP contribution in [0.3, 0.4) is 0 Å².